The molecular weight excluding hydrogens is 248 g/mol. The zero-order valence-corrected chi connectivity index (χ0v) is 10.9. The standard InChI is InChI=1S/C14H14O5/c1-7-9-4-8(14(16)17)5-11(15)10(9)6-12(18-2)13(7)19-3/h4-6,15H,1-3H3,(H,16,17). The molecule has 0 aliphatic rings. The molecule has 0 amide bonds. The highest BCUT2D eigenvalue weighted by Crippen LogP contribution is 2.40. The topological polar surface area (TPSA) is 76.0 Å². The number of methoxy groups -OCH3 is 2. The van der Waals surface area contributed by atoms with Gasteiger partial charge in [0.25, 0.3) is 0 Å². The SMILES string of the molecule is COc1cc2c(O)cc(C(=O)O)cc2c(C)c1OC. The first-order chi connectivity index (χ1) is 8.99. The lowest BCUT2D eigenvalue weighted by Crippen LogP contribution is -1.98. The second-order valence-corrected chi connectivity index (χ2v) is 4.13. The first-order valence-corrected chi connectivity index (χ1v) is 5.61. The highest BCUT2D eigenvalue weighted by molar-refractivity contribution is 6.00. The third-order valence-corrected chi connectivity index (χ3v) is 3.07. The van der Waals surface area contributed by atoms with Crippen molar-refractivity contribution in [2.45, 2.75) is 6.92 Å². The summed E-state index contributed by atoms with van der Waals surface area (Å²) in [6.07, 6.45) is 0. The van der Waals surface area contributed by atoms with Crippen LogP contribution in [0.5, 0.6) is 17.2 Å². The number of benzene rings is 2. The first kappa shape index (κ1) is 13.0. The van der Waals surface area contributed by atoms with Gasteiger partial charge in [-0.3, -0.25) is 0 Å². The molecule has 19 heavy (non-hydrogen) atoms. The molecule has 0 spiro atoms. The van der Waals surface area contributed by atoms with Crippen molar-refractivity contribution < 1.29 is 24.5 Å². The van der Waals surface area contributed by atoms with E-state index in [2.05, 4.69) is 0 Å². The van der Waals surface area contributed by atoms with Crippen LogP contribution in [0.2, 0.25) is 0 Å². The van der Waals surface area contributed by atoms with Gasteiger partial charge in [0, 0.05) is 10.9 Å². The molecule has 100 valence electrons. The van der Waals surface area contributed by atoms with Gasteiger partial charge in [-0.05, 0) is 30.5 Å². The second-order valence-electron chi connectivity index (χ2n) is 4.13. The van der Waals surface area contributed by atoms with Gasteiger partial charge in [0.2, 0.25) is 0 Å². The minimum atomic E-state index is -1.09. The summed E-state index contributed by atoms with van der Waals surface area (Å²) in [5.74, 6) is -0.173. The summed E-state index contributed by atoms with van der Waals surface area (Å²) < 4.78 is 10.5. The first-order valence-electron chi connectivity index (χ1n) is 5.61. The van der Waals surface area contributed by atoms with Gasteiger partial charge >= 0.3 is 5.97 Å². The molecule has 0 radical (unpaired) electrons. The third kappa shape index (κ3) is 2.03. The van der Waals surface area contributed by atoms with Gasteiger partial charge in [0.05, 0.1) is 19.8 Å². The van der Waals surface area contributed by atoms with Crippen LogP contribution in [0.15, 0.2) is 18.2 Å². The Morgan fingerprint density at radius 2 is 1.79 bits per heavy atom. The van der Waals surface area contributed by atoms with Crippen LogP contribution < -0.4 is 9.47 Å². The van der Waals surface area contributed by atoms with E-state index in [0.29, 0.717) is 22.3 Å². The van der Waals surface area contributed by atoms with Crippen LogP contribution in [0.3, 0.4) is 0 Å². The van der Waals surface area contributed by atoms with Crippen LogP contribution in [0, 0.1) is 6.92 Å². The lowest BCUT2D eigenvalue weighted by Gasteiger charge is -2.14. The zero-order chi connectivity index (χ0) is 14.2. The van der Waals surface area contributed by atoms with Gasteiger partial charge in [0.15, 0.2) is 11.5 Å². The number of hydrogen-bond donors (Lipinski definition) is 2. The van der Waals surface area contributed by atoms with E-state index in [4.69, 9.17) is 14.6 Å². The summed E-state index contributed by atoms with van der Waals surface area (Å²) in [5, 5.41) is 20.1. The maximum atomic E-state index is 11.0. The molecule has 5 heteroatoms. The molecule has 0 fully saturated rings. The zero-order valence-electron chi connectivity index (χ0n) is 10.9. The smallest absolute Gasteiger partial charge is 0.335 e. The third-order valence-electron chi connectivity index (χ3n) is 3.07. The van der Waals surface area contributed by atoms with Crippen molar-refractivity contribution in [3.8, 4) is 17.2 Å². The Kier molecular flexibility index (Phi) is 3.21. The van der Waals surface area contributed by atoms with Gasteiger partial charge in [-0.15, -0.1) is 0 Å². The Balaban J connectivity index is 2.88. The summed E-state index contributed by atoms with van der Waals surface area (Å²) >= 11 is 0. The Morgan fingerprint density at radius 3 is 2.32 bits per heavy atom. The molecule has 0 aliphatic heterocycles. The van der Waals surface area contributed by atoms with E-state index in [1.807, 2.05) is 0 Å². The molecule has 0 aliphatic carbocycles. The van der Waals surface area contributed by atoms with E-state index >= 15 is 0 Å². The van der Waals surface area contributed by atoms with E-state index in [0.717, 1.165) is 5.56 Å². The van der Waals surface area contributed by atoms with Crippen molar-refractivity contribution >= 4 is 16.7 Å². The molecule has 0 unspecified atom stereocenters. The number of fused-ring (bicyclic) bond motifs is 1. The van der Waals surface area contributed by atoms with Gasteiger partial charge < -0.3 is 19.7 Å². The van der Waals surface area contributed by atoms with Crippen molar-refractivity contribution in [2.24, 2.45) is 0 Å². The highest BCUT2D eigenvalue weighted by Gasteiger charge is 2.16. The number of aryl methyl sites for hydroxylation is 1. The molecule has 0 bridgehead atoms. The number of ether oxygens (including phenoxy) is 2. The molecule has 2 aromatic carbocycles. The maximum absolute atomic E-state index is 11.0. The fraction of sp³-hybridized carbons (Fsp3) is 0.214. The minimum absolute atomic E-state index is 0.0281. The molecule has 0 aromatic heterocycles. The average Bonchev–Trinajstić information content (AvgIpc) is 2.38. The van der Waals surface area contributed by atoms with E-state index in [9.17, 15) is 9.90 Å². The molecule has 2 aromatic rings. The van der Waals surface area contributed by atoms with Crippen LogP contribution in [0.4, 0.5) is 0 Å². The molecule has 2 rings (SSSR count). The van der Waals surface area contributed by atoms with E-state index < -0.39 is 5.97 Å². The summed E-state index contributed by atoms with van der Waals surface area (Å²) in [7, 11) is 3.02. The lowest BCUT2D eigenvalue weighted by atomic mass is 10.00. The van der Waals surface area contributed by atoms with Crippen molar-refractivity contribution in [3.05, 3.63) is 29.3 Å². The molecule has 0 heterocycles. The van der Waals surface area contributed by atoms with Crippen LogP contribution in [0.1, 0.15) is 15.9 Å². The quantitative estimate of drug-likeness (QED) is 0.889. The van der Waals surface area contributed by atoms with Crippen LogP contribution in [0.25, 0.3) is 10.8 Å². The summed E-state index contributed by atoms with van der Waals surface area (Å²) in [6, 6.07) is 4.35. The Labute approximate surface area is 110 Å². The number of carboxylic acids is 1. The monoisotopic (exact) mass is 262 g/mol. The van der Waals surface area contributed by atoms with Gasteiger partial charge in [-0.25, -0.2) is 4.79 Å². The van der Waals surface area contributed by atoms with E-state index in [1.54, 1.807) is 13.0 Å². The predicted octanol–water partition coefficient (Wildman–Crippen LogP) is 2.57. The van der Waals surface area contributed by atoms with Crippen molar-refractivity contribution in [1.29, 1.82) is 0 Å². The number of carboxylic acid groups (broad SMARTS) is 1. The van der Waals surface area contributed by atoms with Crippen molar-refractivity contribution in [2.75, 3.05) is 14.2 Å². The number of carbonyl (C=O) groups is 1. The Bertz CT molecular complexity index is 661. The summed E-state index contributed by atoms with van der Waals surface area (Å²) in [4.78, 5) is 11.0. The highest BCUT2D eigenvalue weighted by atomic mass is 16.5. The lowest BCUT2D eigenvalue weighted by molar-refractivity contribution is 0.0696. The number of phenols is 1. The predicted molar refractivity (Wildman–Crippen MR) is 70.4 cm³/mol. The van der Waals surface area contributed by atoms with Crippen molar-refractivity contribution in [3.63, 3.8) is 0 Å². The molecule has 0 saturated carbocycles. The number of aromatic carboxylic acids is 1. The number of phenolic OH excluding ortho intramolecular Hbond substituents is 1. The molecule has 5 nitrogen and oxygen atoms in total. The van der Waals surface area contributed by atoms with Gasteiger partial charge in [-0.2, -0.15) is 0 Å². The summed E-state index contributed by atoms with van der Waals surface area (Å²) in [5.41, 5.74) is 0.746. The molecule has 0 saturated heterocycles. The van der Waals surface area contributed by atoms with Gasteiger partial charge in [-0.1, -0.05) is 0 Å². The van der Waals surface area contributed by atoms with Crippen LogP contribution in [-0.2, 0) is 0 Å². The van der Waals surface area contributed by atoms with Gasteiger partial charge in [0.1, 0.15) is 5.75 Å². The molecular formula is C14H14O5. The second kappa shape index (κ2) is 4.68. The normalized spacial score (nSPS) is 10.5. The fourth-order valence-corrected chi connectivity index (χ4v) is 2.13. The van der Waals surface area contributed by atoms with E-state index in [1.165, 1.54) is 26.4 Å². The Morgan fingerprint density at radius 1 is 1.11 bits per heavy atom. The largest absolute Gasteiger partial charge is 0.507 e. The number of rotatable bonds is 3. The fourth-order valence-electron chi connectivity index (χ4n) is 2.13. The van der Waals surface area contributed by atoms with Crippen LogP contribution in [-0.4, -0.2) is 30.4 Å². The number of aromatic hydroxyl groups is 1. The van der Waals surface area contributed by atoms with E-state index in [-0.39, 0.29) is 11.3 Å². The summed E-state index contributed by atoms with van der Waals surface area (Å²) in [6.45, 7) is 1.79. The molecule has 2 N–H and O–H groups in total. The molecule has 0 atom stereocenters. The number of hydrogen-bond acceptors (Lipinski definition) is 4. The minimum Gasteiger partial charge on any atom is -0.507 e. The van der Waals surface area contributed by atoms with Crippen molar-refractivity contribution in [1.82, 2.24) is 0 Å². The van der Waals surface area contributed by atoms with Crippen LogP contribution >= 0.6 is 0 Å². The Hall–Kier alpha value is -2.43. The average molecular weight is 262 g/mol. The maximum Gasteiger partial charge on any atom is 0.335 e.